The highest BCUT2D eigenvalue weighted by molar-refractivity contribution is 7.13. The molecule has 5 nitrogen and oxygen atoms in total. The lowest BCUT2D eigenvalue weighted by Gasteiger charge is -1.95. The first kappa shape index (κ1) is 10.6. The van der Waals surface area contributed by atoms with E-state index in [0.717, 1.165) is 0 Å². The number of nitrogens with zero attached hydrogens (tertiary/aromatic N) is 1. The Morgan fingerprint density at radius 3 is 2.93 bits per heavy atom. The Kier molecular flexibility index (Phi) is 3.58. The molecule has 2 N–H and O–H groups in total. The van der Waals surface area contributed by atoms with Gasteiger partial charge in [0.15, 0.2) is 5.13 Å². The molecule has 0 aliphatic heterocycles. The molecule has 0 radical (unpaired) electrons. The van der Waals surface area contributed by atoms with Crippen molar-refractivity contribution in [3.63, 3.8) is 0 Å². The second kappa shape index (κ2) is 4.71. The maximum absolute atomic E-state index is 11.0. The zero-order chi connectivity index (χ0) is 10.6. The lowest BCUT2D eigenvalue weighted by molar-refractivity contribution is -0.136. The van der Waals surface area contributed by atoms with E-state index >= 15 is 0 Å². The zero-order valence-corrected chi connectivity index (χ0v) is 8.43. The molecule has 0 aromatic carbocycles. The van der Waals surface area contributed by atoms with Gasteiger partial charge in [-0.3, -0.25) is 9.59 Å². The maximum Gasteiger partial charge on any atom is 0.309 e. The molecule has 1 aromatic heterocycles. The van der Waals surface area contributed by atoms with Gasteiger partial charge in [-0.25, -0.2) is 4.98 Å². The summed E-state index contributed by atoms with van der Waals surface area (Å²) in [7, 11) is 0. The SMILES string of the molecule is CCC(=O)Nc1nc(CC(=O)O)cs1. The first-order chi connectivity index (χ1) is 6.61. The van der Waals surface area contributed by atoms with Crippen LogP contribution in [0.1, 0.15) is 19.0 Å². The van der Waals surface area contributed by atoms with E-state index in [0.29, 0.717) is 17.2 Å². The molecule has 6 heteroatoms. The number of hydrogen-bond acceptors (Lipinski definition) is 4. The number of carboxylic acids is 1. The molecule has 0 saturated heterocycles. The monoisotopic (exact) mass is 214 g/mol. The van der Waals surface area contributed by atoms with Crippen molar-refractivity contribution >= 4 is 28.3 Å². The highest BCUT2D eigenvalue weighted by Gasteiger charge is 2.07. The van der Waals surface area contributed by atoms with Gasteiger partial charge in [0, 0.05) is 11.8 Å². The second-order valence-corrected chi connectivity index (χ2v) is 3.47. The number of carboxylic acid groups (broad SMARTS) is 1. The van der Waals surface area contributed by atoms with Crippen LogP contribution >= 0.6 is 11.3 Å². The summed E-state index contributed by atoms with van der Waals surface area (Å²) in [5, 5.41) is 13.1. The van der Waals surface area contributed by atoms with Crippen LogP contribution in [-0.2, 0) is 16.0 Å². The van der Waals surface area contributed by atoms with E-state index in [2.05, 4.69) is 10.3 Å². The number of anilines is 1. The van der Waals surface area contributed by atoms with E-state index in [9.17, 15) is 9.59 Å². The number of rotatable bonds is 4. The van der Waals surface area contributed by atoms with Gasteiger partial charge in [-0.2, -0.15) is 0 Å². The van der Waals surface area contributed by atoms with Crippen molar-refractivity contribution in [2.24, 2.45) is 0 Å². The van der Waals surface area contributed by atoms with Gasteiger partial charge in [-0.1, -0.05) is 6.92 Å². The fourth-order valence-electron chi connectivity index (χ4n) is 0.808. The van der Waals surface area contributed by atoms with Crippen LogP contribution in [0.2, 0.25) is 0 Å². The van der Waals surface area contributed by atoms with Crippen LogP contribution in [0.25, 0.3) is 0 Å². The van der Waals surface area contributed by atoms with E-state index in [1.807, 2.05) is 0 Å². The molecule has 1 rings (SSSR count). The Hall–Kier alpha value is -1.43. The predicted octanol–water partition coefficient (Wildman–Crippen LogP) is 1.12. The highest BCUT2D eigenvalue weighted by atomic mass is 32.1. The highest BCUT2D eigenvalue weighted by Crippen LogP contribution is 2.15. The van der Waals surface area contributed by atoms with Crippen LogP contribution in [0.4, 0.5) is 5.13 Å². The molecule has 1 amide bonds. The van der Waals surface area contributed by atoms with Crippen molar-refractivity contribution in [1.29, 1.82) is 0 Å². The van der Waals surface area contributed by atoms with Crippen LogP contribution in [0.5, 0.6) is 0 Å². The number of carbonyl (C=O) groups is 2. The van der Waals surface area contributed by atoms with Gasteiger partial charge in [0.1, 0.15) is 0 Å². The predicted molar refractivity (Wildman–Crippen MR) is 52.4 cm³/mol. The summed E-state index contributed by atoms with van der Waals surface area (Å²) in [6, 6.07) is 0. The lowest BCUT2D eigenvalue weighted by Crippen LogP contribution is -2.09. The summed E-state index contributed by atoms with van der Waals surface area (Å²) in [5.74, 6) is -1.05. The van der Waals surface area contributed by atoms with Crippen LogP contribution in [0, 0.1) is 0 Å². The van der Waals surface area contributed by atoms with Gasteiger partial charge in [0.25, 0.3) is 0 Å². The van der Waals surface area contributed by atoms with Gasteiger partial charge in [0.2, 0.25) is 5.91 Å². The molecule has 76 valence electrons. The molecule has 0 bridgehead atoms. The number of thiazole rings is 1. The average Bonchev–Trinajstić information content (AvgIpc) is 2.51. The van der Waals surface area contributed by atoms with Crippen molar-refractivity contribution in [2.75, 3.05) is 5.32 Å². The van der Waals surface area contributed by atoms with Crippen molar-refractivity contribution in [2.45, 2.75) is 19.8 Å². The molecule has 0 aliphatic carbocycles. The number of nitrogens with one attached hydrogen (secondary N) is 1. The minimum absolute atomic E-state index is 0.113. The molecular weight excluding hydrogens is 204 g/mol. The Bertz CT molecular complexity index is 348. The molecule has 1 aromatic rings. The average molecular weight is 214 g/mol. The second-order valence-electron chi connectivity index (χ2n) is 2.62. The lowest BCUT2D eigenvalue weighted by atomic mass is 10.3. The quantitative estimate of drug-likeness (QED) is 0.787. The van der Waals surface area contributed by atoms with Crippen molar-refractivity contribution in [1.82, 2.24) is 4.98 Å². The fourth-order valence-corrected chi connectivity index (χ4v) is 1.53. The summed E-state index contributed by atoms with van der Waals surface area (Å²) in [6.45, 7) is 1.74. The Morgan fingerprint density at radius 2 is 2.36 bits per heavy atom. The van der Waals surface area contributed by atoms with Crippen LogP contribution < -0.4 is 5.32 Å². The number of aromatic nitrogens is 1. The van der Waals surface area contributed by atoms with Gasteiger partial charge < -0.3 is 10.4 Å². The molecule has 1 heterocycles. The molecule has 0 atom stereocenters. The third-order valence-corrected chi connectivity index (χ3v) is 2.26. The summed E-state index contributed by atoms with van der Waals surface area (Å²) in [6.07, 6.45) is 0.270. The number of hydrogen-bond donors (Lipinski definition) is 2. The van der Waals surface area contributed by atoms with Gasteiger partial charge >= 0.3 is 5.97 Å². The van der Waals surface area contributed by atoms with Crippen molar-refractivity contribution in [3.05, 3.63) is 11.1 Å². The Morgan fingerprint density at radius 1 is 1.64 bits per heavy atom. The fraction of sp³-hybridized carbons (Fsp3) is 0.375. The summed E-state index contributed by atoms with van der Waals surface area (Å²) >= 11 is 1.23. The first-order valence-electron chi connectivity index (χ1n) is 4.08. The molecule has 0 fully saturated rings. The number of carbonyl (C=O) groups excluding carboxylic acids is 1. The first-order valence-corrected chi connectivity index (χ1v) is 4.95. The Labute approximate surface area is 84.8 Å². The molecule has 0 aliphatic rings. The van der Waals surface area contributed by atoms with Crippen LogP contribution in [0.3, 0.4) is 0 Å². The molecule has 0 spiro atoms. The van der Waals surface area contributed by atoms with Gasteiger partial charge in [-0.05, 0) is 0 Å². The van der Waals surface area contributed by atoms with E-state index in [-0.39, 0.29) is 12.3 Å². The number of aliphatic carboxylic acids is 1. The van der Waals surface area contributed by atoms with Crippen molar-refractivity contribution < 1.29 is 14.7 Å². The van der Waals surface area contributed by atoms with E-state index in [1.165, 1.54) is 11.3 Å². The van der Waals surface area contributed by atoms with Crippen LogP contribution in [0.15, 0.2) is 5.38 Å². The summed E-state index contributed by atoms with van der Waals surface area (Å²) in [4.78, 5) is 25.2. The summed E-state index contributed by atoms with van der Waals surface area (Å²) < 4.78 is 0. The number of amides is 1. The molecular formula is C8H10N2O3S. The molecule has 0 unspecified atom stereocenters. The topological polar surface area (TPSA) is 79.3 Å². The minimum Gasteiger partial charge on any atom is -0.481 e. The minimum atomic E-state index is -0.927. The third-order valence-electron chi connectivity index (χ3n) is 1.45. The Balaban J connectivity index is 2.59. The normalized spacial score (nSPS) is 9.79. The largest absolute Gasteiger partial charge is 0.481 e. The smallest absolute Gasteiger partial charge is 0.309 e. The van der Waals surface area contributed by atoms with E-state index in [4.69, 9.17) is 5.11 Å². The summed E-state index contributed by atoms with van der Waals surface area (Å²) in [5.41, 5.74) is 0.467. The van der Waals surface area contributed by atoms with E-state index < -0.39 is 5.97 Å². The zero-order valence-electron chi connectivity index (χ0n) is 7.61. The standard InChI is InChI=1S/C8H10N2O3S/c1-2-6(11)10-8-9-5(4-14-8)3-7(12)13/h4H,2-3H2,1H3,(H,12,13)(H,9,10,11). The third kappa shape index (κ3) is 3.14. The van der Waals surface area contributed by atoms with Gasteiger partial charge in [-0.15, -0.1) is 11.3 Å². The maximum atomic E-state index is 11.0. The van der Waals surface area contributed by atoms with Gasteiger partial charge in [0.05, 0.1) is 12.1 Å². The van der Waals surface area contributed by atoms with Crippen LogP contribution in [-0.4, -0.2) is 22.0 Å². The molecule has 0 saturated carbocycles. The van der Waals surface area contributed by atoms with E-state index in [1.54, 1.807) is 12.3 Å². The molecule has 14 heavy (non-hydrogen) atoms. The van der Waals surface area contributed by atoms with Crippen molar-refractivity contribution in [3.8, 4) is 0 Å².